The fraction of sp³-hybridized carbons (Fsp3) is 0.289. The highest BCUT2D eigenvalue weighted by Crippen LogP contribution is 2.36. The molecule has 0 radical (unpaired) electrons. The van der Waals surface area contributed by atoms with E-state index in [1.54, 1.807) is 56.4 Å². The lowest BCUT2D eigenvalue weighted by Crippen LogP contribution is -2.48. The van der Waals surface area contributed by atoms with E-state index in [1.165, 1.54) is 48.9 Å². The molecule has 0 aliphatic heterocycles. The Balaban J connectivity index is 0.00000673. The molecular weight excluding hydrogens is 755 g/mol. The second-order valence-electron chi connectivity index (χ2n) is 12.8. The number of methoxy groups -OCH3 is 1. The number of rotatable bonds is 14. The normalized spacial score (nSPS) is 13.5. The van der Waals surface area contributed by atoms with Crippen LogP contribution < -0.4 is 20.3 Å². The Bertz CT molecular complexity index is 2270. The summed E-state index contributed by atoms with van der Waals surface area (Å²) in [5, 5.41) is 20.0. The number of pyridine rings is 1. The van der Waals surface area contributed by atoms with Gasteiger partial charge in [0.2, 0.25) is 5.91 Å². The van der Waals surface area contributed by atoms with Gasteiger partial charge in [-0.25, -0.2) is 27.0 Å². The maximum atomic E-state index is 13.9. The zero-order valence-corrected chi connectivity index (χ0v) is 32.5. The fourth-order valence-corrected chi connectivity index (χ4v) is 6.24. The fourth-order valence-electron chi connectivity index (χ4n) is 5.60. The van der Waals surface area contributed by atoms with E-state index in [0.29, 0.717) is 23.3 Å². The van der Waals surface area contributed by atoms with Gasteiger partial charge in [0.1, 0.15) is 17.6 Å². The molecule has 0 spiro atoms. The Hall–Kier alpha value is -5.58. The summed E-state index contributed by atoms with van der Waals surface area (Å²) in [6, 6.07) is 19.3. The van der Waals surface area contributed by atoms with Gasteiger partial charge >= 0.3 is 12.1 Å². The van der Waals surface area contributed by atoms with Gasteiger partial charge in [-0.05, 0) is 79.4 Å². The summed E-state index contributed by atoms with van der Waals surface area (Å²) >= 11 is 0. The van der Waals surface area contributed by atoms with Crippen molar-refractivity contribution < 1.29 is 41.8 Å². The number of benzene rings is 3. The van der Waals surface area contributed by atoms with Gasteiger partial charge in [-0.15, -0.1) is 17.5 Å². The quantitative estimate of drug-likeness (QED) is 0.100. The minimum absolute atomic E-state index is 0. The lowest BCUT2D eigenvalue weighted by Gasteiger charge is -2.27. The van der Waals surface area contributed by atoms with Gasteiger partial charge in [-0.3, -0.25) is 14.9 Å². The monoisotopic (exact) mass is 796 g/mol. The first-order valence-electron chi connectivity index (χ1n) is 17.0. The Morgan fingerprint density at radius 2 is 1.62 bits per heavy atom. The van der Waals surface area contributed by atoms with E-state index in [0.717, 1.165) is 22.3 Å². The summed E-state index contributed by atoms with van der Waals surface area (Å²) in [6.45, 7) is 6.84. The van der Waals surface area contributed by atoms with Crippen LogP contribution in [0.4, 0.5) is 26.5 Å². The maximum absolute atomic E-state index is 13.9. The van der Waals surface area contributed by atoms with E-state index in [-0.39, 0.29) is 52.3 Å². The molecule has 292 valence electrons. The van der Waals surface area contributed by atoms with E-state index < -0.39 is 40.1 Å². The molecule has 0 unspecified atom stereocenters. The number of carbonyl (C=O) groups excluding carboxylic acids is 2. The number of ether oxygens (including phenoxy) is 2. The van der Waals surface area contributed by atoms with Crippen molar-refractivity contribution in [2.45, 2.75) is 57.2 Å². The number of sulfone groups is 1. The third-order valence-corrected chi connectivity index (χ3v) is 10.1. The summed E-state index contributed by atoms with van der Waals surface area (Å²) in [5.41, 5.74) is 3.17. The summed E-state index contributed by atoms with van der Waals surface area (Å²) in [6.07, 6.45) is 1.23. The summed E-state index contributed by atoms with van der Waals surface area (Å²) in [4.78, 5) is 44.2. The first kappa shape index (κ1) is 42.2. The van der Waals surface area contributed by atoms with Crippen molar-refractivity contribution in [2.75, 3.05) is 23.6 Å². The lowest BCUT2D eigenvalue weighted by atomic mass is 9.99. The standard InChI is InChI=1S/C38H41FN6O8S.ClH/c1-7-22(2)34(36(47)48)40-24(4)53-38(49)45(31-18-17-30(54(6,50)51)20-32(31)52-5)37-42-33-19-12-27(21-44(33)43-37)26-10-15-29(16-11-26)41-35(46)23(3)25-8-13-28(39)14-9-25;/h8-24,34,40H,7H2,1-6H3,(H,41,46)(H,47,48);1H/t22-,23+,24-,34-;/m0./s1. The van der Waals surface area contributed by atoms with E-state index >= 15 is 0 Å². The number of carbonyl (C=O) groups is 3. The molecule has 2 heterocycles. The van der Waals surface area contributed by atoms with Crippen LogP contribution in [0.3, 0.4) is 0 Å². The number of anilines is 3. The highest BCUT2D eigenvalue weighted by atomic mass is 35.5. The third-order valence-electron chi connectivity index (χ3n) is 8.94. The highest BCUT2D eigenvalue weighted by molar-refractivity contribution is 7.90. The number of aromatic nitrogens is 3. The smallest absolute Gasteiger partial charge is 0.423 e. The maximum Gasteiger partial charge on any atom is 0.423 e. The van der Waals surface area contributed by atoms with Crippen molar-refractivity contribution >= 4 is 63.2 Å². The predicted octanol–water partition coefficient (Wildman–Crippen LogP) is 6.82. The van der Waals surface area contributed by atoms with Crippen molar-refractivity contribution in [3.63, 3.8) is 0 Å². The number of nitrogens with one attached hydrogen (secondary N) is 2. The second-order valence-corrected chi connectivity index (χ2v) is 14.8. The summed E-state index contributed by atoms with van der Waals surface area (Å²) in [7, 11) is -2.33. The topological polar surface area (TPSA) is 182 Å². The zero-order valence-electron chi connectivity index (χ0n) is 30.9. The molecule has 0 bridgehead atoms. The average Bonchev–Trinajstić information content (AvgIpc) is 3.56. The average molecular weight is 797 g/mol. The summed E-state index contributed by atoms with van der Waals surface area (Å²) in [5.74, 6) is -2.64. The molecule has 14 nitrogen and oxygen atoms in total. The van der Waals surface area contributed by atoms with E-state index in [1.807, 2.05) is 19.1 Å². The number of carboxylic acids is 1. The van der Waals surface area contributed by atoms with Crippen LogP contribution in [0.2, 0.25) is 0 Å². The first-order chi connectivity index (χ1) is 25.6. The van der Waals surface area contributed by atoms with Gasteiger partial charge in [0, 0.05) is 29.8 Å². The van der Waals surface area contributed by atoms with E-state index in [4.69, 9.17) is 9.47 Å². The van der Waals surface area contributed by atoms with Crippen molar-refractivity contribution in [3.8, 4) is 16.9 Å². The molecule has 3 aromatic carbocycles. The molecule has 4 atom stereocenters. The van der Waals surface area contributed by atoms with Crippen LogP contribution in [0, 0.1) is 11.7 Å². The lowest BCUT2D eigenvalue weighted by molar-refractivity contribution is -0.142. The van der Waals surface area contributed by atoms with Gasteiger partial charge in [-0.1, -0.05) is 44.5 Å². The Labute approximate surface area is 324 Å². The third kappa shape index (κ3) is 9.95. The van der Waals surface area contributed by atoms with Gasteiger partial charge in [0.15, 0.2) is 21.7 Å². The number of halogens is 2. The van der Waals surface area contributed by atoms with Crippen molar-refractivity contribution in [3.05, 3.63) is 96.4 Å². The van der Waals surface area contributed by atoms with Crippen LogP contribution in [0.15, 0.2) is 90.0 Å². The number of amides is 2. The highest BCUT2D eigenvalue weighted by Gasteiger charge is 2.31. The molecule has 3 N–H and O–H groups in total. The number of aliphatic carboxylic acids is 1. The molecule has 2 aromatic heterocycles. The Morgan fingerprint density at radius 3 is 2.22 bits per heavy atom. The molecule has 0 aliphatic rings. The van der Waals surface area contributed by atoms with Crippen LogP contribution >= 0.6 is 12.4 Å². The molecular formula is C38H42ClFN6O8S. The molecule has 55 heavy (non-hydrogen) atoms. The number of fused-ring (bicyclic) bond motifs is 1. The SMILES string of the molecule is CC[C@H](C)[C@H](N[C@H](C)OC(=O)N(c1nc2ccc(-c3ccc(NC(=O)[C@H](C)c4ccc(F)cc4)cc3)cn2n1)c1ccc(S(C)(=O)=O)cc1OC)C(=O)O.Cl. The predicted molar refractivity (Wildman–Crippen MR) is 207 cm³/mol. The Morgan fingerprint density at radius 1 is 0.964 bits per heavy atom. The number of carboxylic acid groups (broad SMARTS) is 1. The number of hydrogen-bond donors (Lipinski definition) is 3. The zero-order chi connectivity index (χ0) is 39.3. The van der Waals surface area contributed by atoms with Gasteiger partial charge in [0.05, 0.1) is 23.6 Å². The molecule has 5 aromatic rings. The van der Waals surface area contributed by atoms with Crippen molar-refractivity contribution in [1.29, 1.82) is 0 Å². The van der Waals surface area contributed by atoms with Crippen LogP contribution in [-0.4, -0.2) is 71.7 Å². The summed E-state index contributed by atoms with van der Waals surface area (Å²) < 4.78 is 50.6. The van der Waals surface area contributed by atoms with Crippen LogP contribution in [0.25, 0.3) is 16.8 Å². The minimum atomic E-state index is -3.64. The molecule has 2 amide bonds. The van der Waals surface area contributed by atoms with Crippen molar-refractivity contribution in [1.82, 2.24) is 19.9 Å². The molecule has 0 saturated heterocycles. The molecule has 0 aliphatic carbocycles. The molecule has 5 rings (SSSR count). The van der Waals surface area contributed by atoms with Crippen molar-refractivity contribution in [2.24, 2.45) is 5.92 Å². The van der Waals surface area contributed by atoms with Gasteiger partial charge < -0.3 is 19.9 Å². The molecule has 0 saturated carbocycles. The molecule has 17 heteroatoms. The largest absolute Gasteiger partial charge is 0.495 e. The second kappa shape index (κ2) is 17.7. The first-order valence-corrected chi connectivity index (χ1v) is 18.9. The van der Waals surface area contributed by atoms with Gasteiger partial charge in [0.25, 0.3) is 5.95 Å². The van der Waals surface area contributed by atoms with Crippen LogP contribution in [0.5, 0.6) is 5.75 Å². The van der Waals surface area contributed by atoms with Gasteiger partial charge in [-0.2, -0.15) is 4.98 Å². The Kier molecular flexibility index (Phi) is 13.6. The number of hydrogen-bond acceptors (Lipinski definition) is 10. The van der Waals surface area contributed by atoms with E-state index in [9.17, 15) is 32.3 Å². The van der Waals surface area contributed by atoms with Crippen LogP contribution in [0.1, 0.15) is 45.6 Å². The van der Waals surface area contributed by atoms with E-state index in [2.05, 4.69) is 20.7 Å². The minimum Gasteiger partial charge on any atom is -0.495 e. The van der Waals surface area contributed by atoms with Crippen LogP contribution in [-0.2, 0) is 24.2 Å². The number of nitrogens with zero attached hydrogens (tertiary/aromatic N) is 4. The molecule has 0 fully saturated rings.